The Morgan fingerprint density at radius 3 is 2.65 bits per heavy atom. The molecule has 1 aromatic carbocycles. The molecular formula is C17H23N5O. The van der Waals surface area contributed by atoms with Crippen LogP contribution in [0.2, 0.25) is 0 Å². The number of carbonyl (C=O) groups excluding carboxylic acids is 1. The second-order valence-electron chi connectivity index (χ2n) is 6.08. The second-order valence-corrected chi connectivity index (χ2v) is 6.08. The molecule has 23 heavy (non-hydrogen) atoms. The van der Waals surface area contributed by atoms with Crippen molar-refractivity contribution in [1.29, 1.82) is 0 Å². The van der Waals surface area contributed by atoms with E-state index in [1.807, 2.05) is 41.9 Å². The lowest BCUT2D eigenvalue weighted by Crippen LogP contribution is -2.44. The van der Waals surface area contributed by atoms with Crippen LogP contribution < -0.4 is 10.6 Å². The van der Waals surface area contributed by atoms with Crippen molar-refractivity contribution in [1.82, 2.24) is 20.0 Å². The van der Waals surface area contributed by atoms with Crippen LogP contribution in [0.3, 0.4) is 0 Å². The van der Waals surface area contributed by atoms with Gasteiger partial charge in [-0.2, -0.15) is 5.10 Å². The van der Waals surface area contributed by atoms with Gasteiger partial charge in [-0.25, -0.2) is 9.48 Å². The number of nitrogens with zero attached hydrogens (tertiary/aromatic N) is 3. The molecule has 2 aromatic rings. The number of aryl methyl sites for hydroxylation is 1. The van der Waals surface area contributed by atoms with Gasteiger partial charge < -0.3 is 15.5 Å². The van der Waals surface area contributed by atoms with Crippen molar-refractivity contribution in [2.75, 3.05) is 25.5 Å². The lowest BCUT2D eigenvalue weighted by atomic mass is 10.1. The largest absolute Gasteiger partial charge is 0.335 e. The van der Waals surface area contributed by atoms with E-state index in [4.69, 9.17) is 0 Å². The molecule has 1 saturated heterocycles. The van der Waals surface area contributed by atoms with Crippen LogP contribution in [-0.2, 0) is 0 Å². The summed E-state index contributed by atoms with van der Waals surface area (Å²) in [6, 6.07) is 9.72. The average molecular weight is 313 g/mol. The molecule has 122 valence electrons. The first kappa shape index (κ1) is 15.6. The highest BCUT2D eigenvalue weighted by Gasteiger charge is 2.19. The van der Waals surface area contributed by atoms with Crippen LogP contribution in [0.5, 0.6) is 0 Å². The lowest BCUT2D eigenvalue weighted by Gasteiger charge is -2.29. The van der Waals surface area contributed by atoms with Gasteiger partial charge in [0.1, 0.15) is 0 Å². The molecule has 2 amide bonds. The minimum atomic E-state index is -0.156. The lowest BCUT2D eigenvalue weighted by molar-refractivity contribution is 0.221. The van der Waals surface area contributed by atoms with Crippen LogP contribution in [0.25, 0.3) is 5.69 Å². The summed E-state index contributed by atoms with van der Waals surface area (Å²) in [4.78, 5) is 14.6. The third-order valence-electron chi connectivity index (χ3n) is 4.27. The van der Waals surface area contributed by atoms with E-state index in [-0.39, 0.29) is 12.1 Å². The topological polar surface area (TPSA) is 62.2 Å². The molecular weight excluding hydrogens is 290 g/mol. The molecule has 6 heteroatoms. The second kappa shape index (κ2) is 6.83. The number of likely N-dealkylation sites (tertiary alicyclic amines) is 1. The summed E-state index contributed by atoms with van der Waals surface area (Å²) in [7, 11) is 2.11. The molecule has 1 aliphatic heterocycles. The Labute approximate surface area is 136 Å². The predicted octanol–water partition coefficient (Wildman–Crippen LogP) is 2.40. The summed E-state index contributed by atoms with van der Waals surface area (Å²) in [6.45, 7) is 4.03. The summed E-state index contributed by atoms with van der Waals surface area (Å²) in [6.07, 6.45) is 3.73. The molecule has 2 heterocycles. The molecule has 6 nitrogen and oxygen atoms in total. The molecule has 0 aliphatic carbocycles. The van der Waals surface area contributed by atoms with E-state index in [9.17, 15) is 4.79 Å². The molecule has 0 atom stereocenters. The standard InChI is InChI=1S/C17H23N5O/c1-13-7-10-18-22(13)16-6-4-3-5-15(16)20-17(23)19-14-8-11-21(2)12-9-14/h3-7,10,14H,8-9,11-12H2,1-2H3,(H2,19,20,23). The number of benzene rings is 1. The minimum absolute atomic E-state index is 0.156. The van der Waals surface area contributed by atoms with Crippen LogP contribution >= 0.6 is 0 Å². The minimum Gasteiger partial charge on any atom is -0.335 e. The maximum Gasteiger partial charge on any atom is 0.319 e. The van der Waals surface area contributed by atoms with Gasteiger partial charge >= 0.3 is 6.03 Å². The Morgan fingerprint density at radius 2 is 1.96 bits per heavy atom. The summed E-state index contributed by atoms with van der Waals surface area (Å²) in [5, 5.41) is 10.3. The van der Waals surface area contributed by atoms with Crippen molar-refractivity contribution < 1.29 is 4.79 Å². The smallest absolute Gasteiger partial charge is 0.319 e. The molecule has 0 unspecified atom stereocenters. The van der Waals surface area contributed by atoms with Crippen LogP contribution in [0.15, 0.2) is 36.5 Å². The van der Waals surface area contributed by atoms with E-state index in [1.165, 1.54) is 0 Å². The number of para-hydroxylation sites is 2. The highest BCUT2D eigenvalue weighted by molar-refractivity contribution is 5.91. The maximum absolute atomic E-state index is 12.3. The first-order valence-electron chi connectivity index (χ1n) is 7.99. The number of hydrogen-bond acceptors (Lipinski definition) is 3. The summed E-state index contributed by atoms with van der Waals surface area (Å²) < 4.78 is 1.82. The number of rotatable bonds is 3. The van der Waals surface area contributed by atoms with Gasteiger partial charge in [-0.1, -0.05) is 12.1 Å². The van der Waals surface area contributed by atoms with E-state index >= 15 is 0 Å². The first-order chi connectivity index (χ1) is 11.1. The molecule has 1 fully saturated rings. The molecule has 3 rings (SSSR count). The Hall–Kier alpha value is -2.34. The predicted molar refractivity (Wildman–Crippen MR) is 91.0 cm³/mol. The quantitative estimate of drug-likeness (QED) is 0.914. The van der Waals surface area contributed by atoms with Gasteiger partial charge in [0.2, 0.25) is 0 Å². The number of piperidine rings is 1. The van der Waals surface area contributed by atoms with Crippen LogP contribution in [0, 0.1) is 6.92 Å². The third kappa shape index (κ3) is 3.71. The summed E-state index contributed by atoms with van der Waals surface area (Å²) >= 11 is 0. The molecule has 1 aromatic heterocycles. The Bertz CT molecular complexity index is 673. The average Bonchev–Trinajstić information content (AvgIpc) is 2.96. The fourth-order valence-corrected chi connectivity index (χ4v) is 2.88. The van der Waals surface area contributed by atoms with Crippen molar-refractivity contribution in [2.24, 2.45) is 0 Å². The maximum atomic E-state index is 12.3. The van der Waals surface area contributed by atoms with Crippen LogP contribution in [0.4, 0.5) is 10.5 Å². The molecule has 0 radical (unpaired) electrons. The molecule has 0 saturated carbocycles. The van der Waals surface area contributed by atoms with Gasteiger partial charge in [0.15, 0.2) is 0 Å². The number of carbonyl (C=O) groups is 1. The Balaban J connectivity index is 1.68. The van der Waals surface area contributed by atoms with Gasteiger partial charge in [0.25, 0.3) is 0 Å². The number of aromatic nitrogens is 2. The number of nitrogens with one attached hydrogen (secondary N) is 2. The van der Waals surface area contributed by atoms with E-state index in [0.717, 1.165) is 43.0 Å². The monoisotopic (exact) mass is 313 g/mol. The van der Waals surface area contributed by atoms with Gasteiger partial charge in [-0.15, -0.1) is 0 Å². The van der Waals surface area contributed by atoms with Crippen molar-refractivity contribution in [3.8, 4) is 5.69 Å². The van der Waals surface area contributed by atoms with E-state index in [1.54, 1.807) is 6.20 Å². The van der Waals surface area contributed by atoms with E-state index in [2.05, 4.69) is 27.7 Å². The van der Waals surface area contributed by atoms with Crippen LogP contribution in [-0.4, -0.2) is 46.9 Å². The van der Waals surface area contributed by atoms with Crippen LogP contribution in [0.1, 0.15) is 18.5 Å². The highest BCUT2D eigenvalue weighted by atomic mass is 16.2. The van der Waals surface area contributed by atoms with Crippen molar-refractivity contribution in [3.05, 3.63) is 42.2 Å². The Morgan fingerprint density at radius 1 is 1.22 bits per heavy atom. The highest BCUT2D eigenvalue weighted by Crippen LogP contribution is 2.20. The fourth-order valence-electron chi connectivity index (χ4n) is 2.88. The van der Waals surface area contributed by atoms with E-state index < -0.39 is 0 Å². The van der Waals surface area contributed by atoms with Crippen molar-refractivity contribution >= 4 is 11.7 Å². The Kier molecular flexibility index (Phi) is 4.62. The van der Waals surface area contributed by atoms with Gasteiger partial charge in [-0.3, -0.25) is 0 Å². The molecule has 0 spiro atoms. The molecule has 2 N–H and O–H groups in total. The SMILES string of the molecule is Cc1ccnn1-c1ccccc1NC(=O)NC1CCN(C)CC1. The zero-order valence-corrected chi connectivity index (χ0v) is 13.6. The van der Waals surface area contributed by atoms with Crippen molar-refractivity contribution in [2.45, 2.75) is 25.8 Å². The fraction of sp³-hybridized carbons (Fsp3) is 0.412. The summed E-state index contributed by atoms with van der Waals surface area (Å²) in [5.41, 5.74) is 2.65. The zero-order valence-electron chi connectivity index (χ0n) is 13.6. The van der Waals surface area contributed by atoms with Gasteiger partial charge in [0, 0.05) is 17.9 Å². The third-order valence-corrected chi connectivity index (χ3v) is 4.27. The summed E-state index contributed by atoms with van der Waals surface area (Å²) in [5.74, 6) is 0. The molecule has 0 bridgehead atoms. The number of anilines is 1. The first-order valence-corrected chi connectivity index (χ1v) is 7.99. The number of urea groups is 1. The zero-order chi connectivity index (χ0) is 16.2. The number of hydrogen-bond donors (Lipinski definition) is 2. The van der Waals surface area contributed by atoms with Gasteiger partial charge in [0.05, 0.1) is 11.4 Å². The normalized spacial score (nSPS) is 16.3. The van der Waals surface area contributed by atoms with Crippen molar-refractivity contribution in [3.63, 3.8) is 0 Å². The molecule has 1 aliphatic rings. The number of amides is 2. The van der Waals surface area contributed by atoms with Gasteiger partial charge in [-0.05, 0) is 58.1 Å². The van der Waals surface area contributed by atoms with E-state index in [0.29, 0.717) is 0 Å².